The summed E-state index contributed by atoms with van der Waals surface area (Å²) >= 11 is 5.82. The summed E-state index contributed by atoms with van der Waals surface area (Å²) in [6, 6.07) is 16.9. The van der Waals surface area contributed by atoms with Crippen molar-refractivity contribution in [2.24, 2.45) is 5.92 Å². The number of rotatable bonds is 12. The van der Waals surface area contributed by atoms with E-state index < -0.39 is 21.9 Å². The minimum atomic E-state index is -4.10. The van der Waals surface area contributed by atoms with Crippen molar-refractivity contribution in [3.8, 4) is 5.75 Å². The highest BCUT2D eigenvalue weighted by atomic mass is 35.5. The highest BCUT2D eigenvalue weighted by molar-refractivity contribution is 7.89. The van der Waals surface area contributed by atoms with Gasteiger partial charge in [0.2, 0.25) is 15.9 Å². The average Bonchev–Trinajstić information content (AvgIpc) is 2.92. The van der Waals surface area contributed by atoms with Crippen molar-refractivity contribution in [1.29, 1.82) is 0 Å². The Bertz CT molecular complexity index is 1420. The van der Waals surface area contributed by atoms with Gasteiger partial charge in [0.15, 0.2) is 0 Å². The molecule has 0 aromatic heterocycles. The van der Waals surface area contributed by atoms with Crippen LogP contribution >= 0.6 is 11.6 Å². The molecule has 10 heteroatoms. The topological polar surface area (TPSA) is 96.5 Å². The first-order valence-corrected chi connectivity index (χ1v) is 15.3. The minimum Gasteiger partial charge on any atom is -0.493 e. The Morgan fingerprint density at radius 2 is 1.88 bits per heavy atom. The van der Waals surface area contributed by atoms with Crippen LogP contribution in [0.4, 0.5) is 4.39 Å². The number of carbonyl (C=O) groups is 1. The predicted molar refractivity (Wildman–Crippen MR) is 154 cm³/mol. The van der Waals surface area contributed by atoms with Gasteiger partial charge in [-0.2, -0.15) is 0 Å². The third-order valence-corrected chi connectivity index (χ3v) is 8.53. The van der Waals surface area contributed by atoms with E-state index in [1.807, 2.05) is 24.3 Å². The van der Waals surface area contributed by atoms with Gasteiger partial charge in [0.25, 0.3) is 0 Å². The molecule has 0 saturated heterocycles. The highest BCUT2D eigenvalue weighted by Gasteiger charge is 2.28. The van der Waals surface area contributed by atoms with Crippen LogP contribution in [0.2, 0.25) is 5.02 Å². The SMILES string of the molecule is CC(C)CCNCc1ccc2c(c1)OCCC2NC(=O)CC(NS(=O)(=O)c1ccc(F)c(Cl)c1)c1ccccc1. The Balaban J connectivity index is 1.45. The highest BCUT2D eigenvalue weighted by Crippen LogP contribution is 2.33. The van der Waals surface area contributed by atoms with Crippen LogP contribution in [-0.2, 0) is 21.4 Å². The Labute approximate surface area is 240 Å². The Hall–Kier alpha value is -2.98. The number of benzene rings is 3. The zero-order chi connectivity index (χ0) is 28.7. The number of fused-ring (bicyclic) bond motifs is 1. The molecule has 1 aliphatic heterocycles. The number of sulfonamides is 1. The molecule has 0 radical (unpaired) electrons. The molecular formula is C30H35ClFN3O4S. The number of hydrogen-bond donors (Lipinski definition) is 3. The fraction of sp³-hybridized carbons (Fsp3) is 0.367. The lowest BCUT2D eigenvalue weighted by Crippen LogP contribution is -2.36. The molecule has 0 saturated carbocycles. The average molecular weight is 588 g/mol. The molecule has 0 aliphatic carbocycles. The van der Waals surface area contributed by atoms with Gasteiger partial charge < -0.3 is 15.4 Å². The van der Waals surface area contributed by atoms with E-state index in [0.717, 1.165) is 54.6 Å². The maximum atomic E-state index is 13.6. The maximum Gasteiger partial charge on any atom is 0.241 e. The van der Waals surface area contributed by atoms with Gasteiger partial charge in [0.1, 0.15) is 11.6 Å². The van der Waals surface area contributed by atoms with Crippen molar-refractivity contribution in [3.63, 3.8) is 0 Å². The summed E-state index contributed by atoms with van der Waals surface area (Å²) in [6.45, 7) is 6.53. The summed E-state index contributed by atoms with van der Waals surface area (Å²) in [5.74, 6) is 0.354. The van der Waals surface area contributed by atoms with E-state index in [1.165, 1.54) is 0 Å². The van der Waals surface area contributed by atoms with E-state index in [9.17, 15) is 17.6 Å². The fourth-order valence-corrected chi connectivity index (χ4v) is 6.06. The second-order valence-electron chi connectivity index (χ2n) is 10.4. The van der Waals surface area contributed by atoms with Crippen molar-refractivity contribution >= 4 is 27.5 Å². The van der Waals surface area contributed by atoms with Crippen molar-refractivity contribution in [2.45, 2.75) is 56.6 Å². The molecule has 3 N–H and O–H groups in total. The predicted octanol–water partition coefficient (Wildman–Crippen LogP) is 5.66. The molecule has 0 spiro atoms. The molecule has 40 heavy (non-hydrogen) atoms. The Morgan fingerprint density at radius 1 is 1.10 bits per heavy atom. The second-order valence-corrected chi connectivity index (χ2v) is 12.5. The number of carbonyl (C=O) groups excluding carboxylic acids is 1. The van der Waals surface area contributed by atoms with Crippen LogP contribution in [0, 0.1) is 11.7 Å². The van der Waals surface area contributed by atoms with Crippen molar-refractivity contribution in [1.82, 2.24) is 15.4 Å². The fourth-order valence-electron chi connectivity index (χ4n) is 4.57. The minimum absolute atomic E-state index is 0.136. The van der Waals surface area contributed by atoms with Crippen LogP contribution in [0.5, 0.6) is 5.75 Å². The molecule has 1 aliphatic rings. The molecule has 4 rings (SSSR count). The van der Waals surface area contributed by atoms with Crippen LogP contribution in [0.3, 0.4) is 0 Å². The molecule has 7 nitrogen and oxygen atoms in total. The summed E-state index contributed by atoms with van der Waals surface area (Å²) in [4.78, 5) is 13.1. The lowest BCUT2D eigenvalue weighted by molar-refractivity contribution is -0.122. The van der Waals surface area contributed by atoms with E-state index in [2.05, 4.69) is 29.2 Å². The largest absolute Gasteiger partial charge is 0.493 e. The lowest BCUT2D eigenvalue weighted by Gasteiger charge is -2.28. The van der Waals surface area contributed by atoms with E-state index >= 15 is 0 Å². The molecule has 1 amide bonds. The van der Waals surface area contributed by atoms with Gasteiger partial charge in [0, 0.05) is 24.9 Å². The quantitative estimate of drug-likeness (QED) is 0.238. The molecule has 3 aromatic carbocycles. The van der Waals surface area contributed by atoms with Gasteiger partial charge in [0.05, 0.1) is 28.6 Å². The van der Waals surface area contributed by atoms with E-state index in [1.54, 1.807) is 24.3 Å². The first-order valence-electron chi connectivity index (χ1n) is 13.4. The number of amides is 1. The Kier molecular flexibility index (Phi) is 10.2. The second kappa shape index (κ2) is 13.6. The summed E-state index contributed by atoms with van der Waals surface area (Å²) in [5, 5.41) is 6.21. The molecule has 1 heterocycles. The lowest BCUT2D eigenvalue weighted by atomic mass is 9.98. The zero-order valence-electron chi connectivity index (χ0n) is 22.6. The van der Waals surface area contributed by atoms with Crippen molar-refractivity contribution < 1.29 is 22.3 Å². The van der Waals surface area contributed by atoms with Gasteiger partial charge in [-0.05, 0) is 54.3 Å². The normalized spacial score (nSPS) is 15.8. The molecule has 0 fully saturated rings. The van der Waals surface area contributed by atoms with E-state index in [0.29, 0.717) is 24.5 Å². The van der Waals surface area contributed by atoms with Crippen LogP contribution in [0.25, 0.3) is 0 Å². The van der Waals surface area contributed by atoms with Crippen LogP contribution in [0.15, 0.2) is 71.6 Å². The molecule has 2 unspecified atom stereocenters. The summed E-state index contributed by atoms with van der Waals surface area (Å²) < 4.78 is 48.4. The van der Waals surface area contributed by atoms with Crippen LogP contribution in [0.1, 0.15) is 61.9 Å². The molecule has 3 aromatic rings. The van der Waals surface area contributed by atoms with Crippen LogP contribution in [-0.4, -0.2) is 27.5 Å². The zero-order valence-corrected chi connectivity index (χ0v) is 24.2. The number of hydrogen-bond acceptors (Lipinski definition) is 5. The third-order valence-electron chi connectivity index (χ3n) is 6.77. The first kappa shape index (κ1) is 30.0. The number of nitrogens with one attached hydrogen (secondary N) is 3. The molecule has 2 atom stereocenters. The smallest absolute Gasteiger partial charge is 0.241 e. The van der Waals surface area contributed by atoms with E-state index in [4.69, 9.17) is 16.3 Å². The maximum absolute atomic E-state index is 13.6. The Morgan fingerprint density at radius 3 is 2.60 bits per heavy atom. The summed E-state index contributed by atoms with van der Waals surface area (Å²) in [6.07, 6.45) is 1.57. The van der Waals surface area contributed by atoms with Gasteiger partial charge in [-0.1, -0.05) is 67.9 Å². The third kappa shape index (κ3) is 8.04. The molecular weight excluding hydrogens is 553 g/mol. The van der Waals surface area contributed by atoms with Crippen LogP contribution < -0.4 is 20.1 Å². The number of halogens is 2. The molecule has 0 bridgehead atoms. The van der Waals surface area contributed by atoms with Gasteiger partial charge in [-0.25, -0.2) is 17.5 Å². The van der Waals surface area contributed by atoms with Gasteiger partial charge in [-0.15, -0.1) is 0 Å². The first-order chi connectivity index (χ1) is 19.1. The van der Waals surface area contributed by atoms with Crippen molar-refractivity contribution in [3.05, 3.63) is 94.3 Å². The van der Waals surface area contributed by atoms with Gasteiger partial charge in [-0.3, -0.25) is 4.79 Å². The van der Waals surface area contributed by atoms with E-state index in [-0.39, 0.29) is 28.3 Å². The monoisotopic (exact) mass is 587 g/mol. The summed E-state index contributed by atoms with van der Waals surface area (Å²) in [5.41, 5.74) is 2.62. The molecule has 214 valence electrons. The van der Waals surface area contributed by atoms with Gasteiger partial charge >= 0.3 is 0 Å². The standard InChI is InChI=1S/C30H35ClFN3O4S/c1-20(2)12-14-33-19-21-8-10-24-27(13-15-39-29(24)16-21)34-30(36)18-28(22-6-4-3-5-7-22)35-40(37,38)23-9-11-26(32)25(31)17-23/h3-11,16-17,20,27-28,33,35H,12-15,18-19H2,1-2H3,(H,34,36). The van der Waals surface area contributed by atoms with Crippen molar-refractivity contribution in [2.75, 3.05) is 13.2 Å². The summed E-state index contributed by atoms with van der Waals surface area (Å²) in [7, 11) is -4.10. The number of ether oxygens (including phenoxy) is 1.